The maximum absolute atomic E-state index is 12.2. The summed E-state index contributed by atoms with van der Waals surface area (Å²) >= 11 is 0. The number of H-pyrrole nitrogens is 1. The lowest BCUT2D eigenvalue weighted by atomic mass is 10.2. The van der Waals surface area contributed by atoms with Crippen molar-refractivity contribution in [1.82, 2.24) is 25.1 Å². The van der Waals surface area contributed by atoms with Crippen molar-refractivity contribution in [3.63, 3.8) is 0 Å². The van der Waals surface area contributed by atoms with Crippen LogP contribution in [0.15, 0.2) is 30.3 Å². The Kier molecular flexibility index (Phi) is 6.91. The summed E-state index contributed by atoms with van der Waals surface area (Å²) in [5, 5.41) is 16.1. The highest BCUT2D eigenvalue weighted by Gasteiger charge is 2.11. The first kappa shape index (κ1) is 21.2. The fourth-order valence-electron chi connectivity index (χ4n) is 2.76. The Morgan fingerprint density at radius 3 is 2.60 bits per heavy atom. The number of aromatic nitrogens is 5. The molecule has 2 aromatic heterocycles. The maximum atomic E-state index is 12.2. The summed E-state index contributed by atoms with van der Waals surface area (Å²) < 4.78 is 5.11. The molecule has 4 N–H and O–H groups in total. The van der Waals surface area contributed by atoms with Crippen LogP contribution in [0.1, 0.15) is 24.0 Å². The van der Waals surface area contributed by atoms with Crippen molar-refractivity contribution in [2.75, 3.05) is 29.7 Å². The third kappa shape index (κ3) is 6.24. The van der Waals surface area contributed by atoms with Gasteiger partial charge in [0.05, 0.1) is 13.0 Å². The summed E-state index contributed by atoms with van der Waals surface area (Å²) in [6.07, 6.45) is 0.167. The van der Waals surface area contributed by atoms with Gasteiger partial charge >= 0.3 is 0 Å². The van der Waals surface area contributed by atoms with Crippen LogP contribution in [0.2, 0.25) is 0 Å². The zero-order chi connectivity index (χ0) is 21.5. The van der Waals surface area contributed by atoms with Gasteiger partial charge in [-0.1, -0.05) is 17.7 Å². The van der Waals surface area contributed by atoms with Gasteiger partial charge in [0.1, 0.15) is 5.82 Å². The van der Waals surface area contributed by atoms with Crippen molar-refractivity contribution in [3.8, 4) is 0 Å². The minimum atomic E-state index is -0.135. The van der Waals surface area contributed by atoms with Crippen LogP contribution >= 0.6 is 0 Å². The number of nitrogens with zero attached hydrogens (tertiary/aromatic N) is 4. The van der Waals surface area contributed by atoms with Crippen LogP contribution in [-0.2, 0) is 16.0 Å². The molecule has 3 aromatic rings. The summed E-state index contributed by atoms with van der Waals surface area (Å²) in [6.45, 7) is 6.28. The summed E-state index contributed by atoms with van der Waals surface area (Å²) in [6, 6.07) is 9.43. The third-order valence-corrected chi connectivity index (χ3v) is 4.10. The lowest BCUT2D eigenvalue weighted by Crippen LogP contribution is -2.22. The molecule has 1 atom stereocenters. The van der Waals surface area contributed by atoms with Crippen molar-refractivity contribution >= 4 is 29.3 Å². The highest BCUT2D eigenvalue weighted by atomic mass is 16.5. The molecule has 0 saturated heterocycles. The molecule has 0 aliphatic carbocycles. The first-order chi connectivity index (χ1) is 14.4. The number of benzene rings is 1. The van der Waals surface area contributed by atoms with Crippen molar-refractivity contribution in [2.45, 2.75) is 33.2 Å². The number of carbonyl (C=O) groups is 1. The van der Waals surface area contributed by atoms with Gasteiger partial charge in [0.25, 0.3) is 0 Å². The topological polar surface area (TPSA) is 130 Å². The van der Waals surface area contributed by atoms with E-state index in [1.807, 2.05) is 38.1 Å². The van der Waals surface area contributed by atoms with Gasteiger partial charge in [0.2, 0.25) is 17.8 Å². The normalized spacial score (nSPS) is 11.7. The summed E-state index contributed by atoms with van der Waals surface area (Å²) in [5.74, 6) is 1.74. The number of amides is 1. The Morgan fingerprint density at radius 2 is 1.87 bits per heavy atom. The molecular formula is C20H26N8O2. The van der Waals surface area contributed by atoms with E-state index in [0.717, 1.165) is 11.3 Å². The Hall–Kier alpha value is -3.53. The first-order valence-electron chi connectivity index (χ1n) is 9.57. The molecular weight excluding hydrogens is 384 g/mol. The second kappa shape index (κ2) is 9.79. The van der Waals surface area contributed by atoms with Gasteiger partial charge < -0.3 is 20.7 Å². The first-order valence-corrected chi connectivity index (χ1v) is 9.57. The van der Waals surface area contributed by atoms with Crippen LogP contribution in [0.3, 0.4) is 0 Å². The van der Waals surface area contributed by atoms with Crippen LogP contribution in [0.4, 0.5) is 23.4 Å². The highest BCUT2D eigenvalue weighted by Crippen LogP contribution is 2.15. The quantitative estimate of drug-likeness (QED) is 0.423. The fourth-order valence-corrected chi connectivity index (χ4v) is 2.76. The number of rotatable bonds is 9. The van der Waals surface area contributed by atoms with Gasteiger partial charge in [0, 0.05) is 30.6 Å². The highest BCUT2D eigenvalue weighted by molar-refractivity contribution is 5.92. The van der Waals surface area contributed by atoms with E-state index in [2.05, 4.69) is 41.1 Å². The van der Waals surface area contributed by atoms with Crippen LogP contribution in [0, 0.1) is 13.8 Å². The van der Waals surface area contributed by atoms with Crippen LogP contribution in [-0.4, -0.2) is 50.8 Å². The number of aromatic amines is 1. The summed E-state index contributed by atoms with van der Waals surface area (Å²) in [5.41, 5.74) is 2.56. The average Bonchev–Trinajstić information content (AvgIpc) is 3.09. The number of nitrogens with one attached hydrogen (secondary N) is 4. The second-order valence-corrected chi connectivity index (χ2v) is 7.02. The number of methoxy groups -OCH3 is 1. The third-order valence-electron chi connectivity index (χ3n) is 4.10. The number of ether oxygens (including phenoxy) is 1. The molecule has 1 unspecified atom stereocenters. The van der Waals surface area contributed by atoms with Gasteiger partial charge in [-0.15, -0.1) is 0 Å². The van der Waals surface area contributed by atoms with Gasteiger partial charge in [-0.3, -0.25) is 9.89 Å². The molecule has 0 aliphatic rings. The SMILES string of the molecule is COCC(C)Nc1nc(C)nc(Nc2cc(CC(=O)Nc3ccc(C)cc3)[nH]n2)n1. The number of aryl methyl sites for hydroxylation is 2. The van der Waals surface area contributed by atoms with Gasteiger partial charge in [-0.05, 0) is 32.9 Å². The Labute approximate surface area is 174 Å². The number of carbonyl (C=O) groups excluding carboxylic acids is 1. The monoisotopic (exact) mass is 410 g/mol. The summed E-state index contributed by atoms with van der Waals surface area (Å²) in [4.78, 5) is 25.2. The summed E-state index contributed by atoms with van der Waals surface area (Å²) in [7, 11) is 1.64. The smallest absolute Gasteiger partial charge is 0.233 e. The molecule has 158 valence electrons. The molecule has 0 spiro atoms. The molecule has 0 bridgehead atoms. The zero-order valence-electron chi connectivity index (χ0n) is 17.5. The molecule has 1 aromatic carbocycles. The fraction of sp³-hybridized carbons (Fsp3) is 0.350. The Bertz CT molecular complexity index is 987. The van der Waals surface area contributed by atoms with Crippen molar-refractivity contribution in [2.24, 2.45) is 0 Å². The molecule has 10 heteroatoms. The van der Waals surface area contributed by atoms with Gasteiger partial charge in [-0.2, -0.15) is 20.1 Å². The van der Waals surface area contributed by atoms with E-state index < -0.39 is 0 Å². The number of anilines is 4. The largest absolute Gasteiger partial charge is 0.383 e. The molecule has 2 heterocycles. The minimum Gasteiger partial charge on any atom is -0.383 e. The molecule has 3 rings (SSSR count). The maximum Gasteiger partial charge on any atom is 0.233 e. The van der Waals surface area contributed by atoms with Crippen LogP contribution < -0.4 is 16.0 Å². The lowest BCUT2D eigenvalue weighted by Gasteiger charge is -2.13. The molecule has 10 nitrogen and oxygen atoms in total. The molecule has 0 aliphatic heterocycles. The van der Waals surface area contributed by atoms with Gasteiger partial charge in [0.15, 0.2) is 5.82 Å². The lowest BCUT2D eigenvalue weighted by molar-refractivity contribution is -0.115. The van der Waals surface area contributed by atoms with Crippen LogP contribution in [0.5, 0.6) is 0 Å². The van der Waals surface area contributed by atoms with Crippen molar-refractivity contribution in [1.29, 1.82) is 0 Å². The predicted molar refractivity (Wildman–Crippen MR) is 115 cm³/mol. The zero-order valence-corrected chi connectivity index (χ0v) is 17.5. The molecule has 1 amide bonds. The Balaban J connectivity index is 1.60. The average molecular weight is 410 g/mol. The number of hydrogen-bond acceptors (Lipinski definition) is 8. The molecule has 0 saturated carbocycles. The molecule has 0 fully saturated rings. The standard InChI is InChI=1S/C20H26N8O2/c1-12-5-7-15(8-6-12)24-18(29)10-16-9-17(28-27-16)25-20-23-14(3)22-19(26-20)21-13(2)11-30-4/h5-9,13H,10-11H2,1-4H3,(H,24,29)(H3,21,22,23,25,26,27,28). The van der Waals surface area contributed by atoms with E-state index in [4.69, 9.17) is 4.74 Å². The van der Waals surface area contributed by atoms with Crippen LogP contribution in [0.25, 0.3) is 0 Å². The van der Waals surface area contributed by atoms with E-state index in [0.29, 0.717) is 35.8 Å². The van der Waals surface area contributed by atoms with E-state index in [-0.39, 0.29) is 18.4 Å². The second-order valence-electron chi connectivity index (χ2n) is 7.02. The van der Waals surface area contributed by atoms with Crippen molar-refractivity contribution in [3.05, 3.63) is 47.4 Å². The van der Waals surface area contributed by atoms with E-state index in [9.17, 15) is 4.79 Å². The number of hydrogen-bond donors (Lipinski definition) is 4. The molecule has 30 heavy (non-hydrogen) atoms. The Morgan fingerprint density at radius 1 is 1.13 bits per heavy atom. The van der Waals surface area contributed by atoms with Crippen molar-refractivity contribution < 1.29 is 9.53 Å². The van der Waals surface area contributed by atoms with E-state index >= 15 is 0 Å². The van der Waals surface area contributed by atoms with E-state index in [1.165, 1.54) is 0 Å². The molecule has 0 radical (unpaired) electrons. The van der Waals surface area contributed by atoms with Gasteiger partial charge in [-0.25, -0.2) is 0 Å². The van der Waals surface area contributed by atoms with E-state index in [1.54, 1.807) is 20.1 Å². The minimum absolute atomic E-state index is 0.0497. The predicted octanol–water partition coefficient (Wildman–Crippen LogP) is 2.58.